The van der Waals surface area contributed by atoms with Gasteiger partial charge in [0.05, 0.1) is 12.6 Å². The summed E-state index contributed by atoms with van der Waals surface area (Å²) in [5.41, 5.74) is 0. The van der Waals surface area contributed by atoms with Gasteiger partial charge in [-0.25, -0.2) is 0 Å². The zero-order valence-electron chi connectivity index (χ0n) is 12.0. The zero-order valence-corrected chi connectivity index (χ0v) is 12.0. The molecule has 106 valence electrons. The number of amides is 1. The lowest BCUT2D eigenvalue weighted by Crippen LogP contribution is -2.47. The van der Waals surface area contributed by atoms with Crippen molar-refractivity contribution in [1.29, 1.82) is 0 Å². The highest BCUT2D eigenvalue weighted by molar-refractivity contribution is 5.81. The second-order valence-electron chi connectivity index (χ2n) is 5.24. The van der Waals surface area contributed by atoms with Gasteiger partial charge in [0.1, 0.15) is 0 Å². The molecule has 0 aromatic heterocycles. The van der Waals surface area contributed by atoms with Crippen molar-refractivity contribution >= 4 is 5.91 Å². The normalized spacial score (nSPS) is 21.9. The Balaban J connectivity index is 2.22. The fraction of sp³-hybridized carbons (Fsp3) is 0.929. The summed E-state index contributed by atoms with van der Waals surface area (Å²) in [4.78, 5) is 11.9. The van der Waals surface area contributed by atoms with Crippen LogP contribution in [0.25, 0.3) is 0 Å². The molecule has 0 bridgehead atoms. The van der Waals surface area contributed by atoms with Gasteiger partial charge in [0.15, 0.2) is 0 Å². The van der Waals surface area contributed by atoms with Crippen LogP contribution in [0.1, 0.15) is 46.5 Å². The number of rotatable bonds is 7. The van der Waals surface area contributed by atoms with Crippen molar-refractivity contribution in [2.24, 2.45) is 5.92 Å². The molecule has 0 aromatic rings. The summed E-state index contributed by atoms with van der Waals surface area (Å²) in [5.74, 6) is 0.669. The Bertz CT molecular complexity index is 236. The van der Waals surface area contributed by atoms with E-state index >= 15 is 0 Å². The molecule has 1 rings (SSSR count). The largest absolute Gasteiger partial charge is 0.381 e. The number of carbonyl (C=O) groups excluding carboxylic acids is 1. The molecule has 1 saturated heterocycles. The standard InChI is InChI=1S/C14H28N2O2/c1-4-13(5-2)16-14(17)11(3)15-9-12-7-6-8-18-10-12/h11-13,15H,4-10H2,1-3H3,(H,16,17). The van der Waals surface area contributed by atoms with Crippen molar-refractivity contribution < 1.29 is 9.53 Å². The first-order valence-electron chi connectivity index (χ1n) is 7.28. The minimum Gasteiger partial charge on any atom is -0.381 e. The molecule has 1 fully saturated rings. The Hall–Kier alpha value is -0.610. The molecule has 18 heavy (non-hydrogen) atoms. The van der Waals surface area contributed by atoms with E-state index in [0.29, 0.717) is 12.0 Å². The van der Waals surface area contributed by atoms with E-state index in [9.17, 15) is 4.79 Å². The van der Waals surface area contributed by atoms with Crippen molar-refractivity contribution in [2.45, 2.75) is 58.5 Å². The molecule has 1 heterocycles. The average Bonchev–Trinajstić information content (AvgIpc) is 2.42. The van der Waals surface area contributed by atoms with Gasteiger partial charge in [-0.05, 0) is 38.5 Å². The second kappa shape index (κ2) is 8.48. The predicted molar refractivity (Wildman–Crippen MR) is 73.5 cm³/mol. The molecule has 0 saturated carbocycles. The maximum absolute atomic E-state index is 11.9. The van der Waals surface area contributed by atoms with Crippen molar-refractivity contribution in [1.82, 2.24) is 10.6 Å². The van der Waals surface area contributed by atoms with E-state index in [2.05, 4.69) is 24.5 Å². The zero-order chi connectivity index (χ0) is 13.4. The van der Waals surface area contributed by atoms with Crippen LogP contribution in [0.3, 0.4) is 0 Å². The van der Waals surface area contributed by atoms with Gasteiger partial charge in [-0.2, -0.15) is 0 Å². The first-order chi connectivity index (χ1) is 8.67. The summed E-state index contributed by atoms with van der Waals surface area (Å²) >= 11 is 0. The van der Waals surface area contributed by atoms with Crippen LogP contribution in [0, 0.1) is 5.92 Å². The van der Waals surface area contributed by atoms with E-state index in [-0.39, 0.29) is 11.9 Å². The fourth-order valence-electron chi connectivity index (χ4n) is 2.22. The highest BCUT2D eigenvalue weighted by Gasteiger charge is 2.18. The van der Waals surface area contributed by atoms with E-state index in [1.807, 2.05) is 6.92 Å². The summed E-state index contributed by atoms with van der Waals surface area (Å²) in [7, 11) is 0. The van der Waals surface area contributed by atoms with E-state index in [1.165, 1.54) is 6.42 Å². The van der Waals surface area contributed by atoms with Crippen molar-refractivity contribution in [3.8, 4) is 0 Å². The quantitative estimate of drug-likeness (QED) is 0.729. The van der Waals surface area contributed by atoms with Crippen LogP contribution in [0.15, 0.2) is 0 Å². The van der Waals surface area contributed by atoms with Gasteiger partial charge in [0, 0.05) is 19.2 Å². The lowest BCUT2D eigenvalue weighted by atomic mass is 10.0. The molecule has 0 radical (unpaired) electrons. The number of ether oxygens (including phenoxy) is 1. The summed E-state index contributed by atoms with van der Waals surface area (Å²) in [6.45, 7) is 8.73. The number of nitrogens with one attached hydrogen (secondary N) is 2. The number of carbonyl (C=O) groups is 1. The molecule has 1 aliphatic rings. The third-order valence-corrected chi connectivity index (χ3v) is 3.69. The Morgan fingerprint density at radius 1 is 1.39 bits per heavy atom. The Kier molecular flexibility index (Phi) is 7.28. The molecule has 0 aromatic carbocycles. The molecule has 2 unspecified atom stereocenters. The van der Waals surface area contributed by atoms with Crippen LogP contribution in [0.2, 0.25) is 0 Å². The minimum absolute atomic E-state index is 0.112. The van der Waals surface area contributed by atoms with Gasteiger partial charge < -0.3 is 15.4 Å². The summed E-state index contributed by atoms with van der Waals surface area (Å²) in [6, 6.07) is 0.187. The first kappa shape index (κ1) is 15.4. The Labute approximate surface area is 111 Å². The third-order valence-electron chi connectivity index (χ3n) is 3.69. The van der Waals surface area contributed by atoms with Crippen LogP contribution in [0.5, 0.6) is 0 Å². The SMILES string of the molecule is CCC(CC)NC(=O)C(C)NCC1CCCOC1. The molecular formula is C14H28N2O2. The minimum atomic E-state index is -0.118. The van der Waals surface area contributed by atoms with Gasteiger partial charge in [-0.15, -0.1) is 0 Å². The molecule has 1 aliphatic heterocycles. The van der Waals surface area contributed by atoms with Gasteiger partial charge in [0.25, 0.3) is 0 Å². The summed E-state index contributed by atoms with van der Waals surface area (Å²) < 4.78 is 5.43. The lowest BCUT2D eigenvalue weighted by molar-refractivity contribution is -0.123. The van der Waals surface area contributed by atoms with Crippen LogP contribution in [0.4, 0.5) is 0 Å². The molecule has 4 nitrogen and oxygen atoms in total. The van der Waals surface area contributed by atoms with Gasteiger partial charge in [-0.3, -0.25) is 4.79 Å². The highest BCUT2D eigenvalue weighted by atomic mass is 16.5. The third kappa shape index (κ3) is 5.36. The van der Waals surface area contributed by atoms with Crippen LogP contribution in [-0.4, -0.2) is 37.7 Å². The van der Waals surface area contributed by atoms with E-state index in [1.54, 1.807) is 0 Å². The van der Waals surface area contributed by atoms with E-state index < -0.39 is 0 Å². The fourth-order valence-corrected chi connectivity index (χ4v) is 2.22. The van der Waals surface area contributed by atoms with Gasteiger partial charge in [-0.1, -0.05) is 13.8 Å². The average molecular weight is 256 g/mol. The lowest BCUT2D eigenvalue weighted by Gasteiger charge is -2.25. The Morgan fingerprint density at radius 3 is 2.67 bits per heavy atom. The molecule has 1 amide bonds. The highest BCUT2D eigenvalue weighted by Crippen LogP contribution is 2.12. The predicted octanol–water partition coefficient (Wildman–Crippen LogP) is 1.70. The van der Waals surface area contributed by atoms with Crippen molar-refractivity contribution in [3.05, 3.63) is 0 Å². The summed E-state index contributed by atoms with van der Waals surface area (Å²) in [6.07, 6.45) is 4.32. The molecule has 0 spiro atoms. The molecule has 2 N–H and O–H groups in total. The maximum atomic E-state index is 11.9. The Morgan fingerprint density at radius 2 is 2.11 bits per heavy atom. The monoisotopic (exact) mass is 256 g/mol. The topological polar surface area (TPSA) is 50.4 Å². The smallest absolute Gasteiger partial charge is 0.237 e. The van der Waals surface area contributed by atoms with Gasteiger partial charge >= 0.3 is 0 Å². The molecular weight excluding hydrogens is 228 g/mol. The van der Waals surface area contributed by atoms with Crippen LogP contribution < -0.4 is 10.6 Å². The molecule has 4 heteroatoms. The maximum Gasteiger partial charge on any atom is 0.237 e. The van der Waals surface area contributed by atoms with Gasteiger partial charge in [0.2, 0.25) is 5.91 Å². The number of hydrogen-bond acceptors (Lipinski definition) is 3. The van der Waals surface area contributed by atoms with Crippen LogP contribution >= 0.6 is 0 Å². The molecule has 2 atom stereocenters. The van der Waals surface area contributed by atoms with Crippen molar-refractivity contribution in [3.63, 3.8) is 0 Å². The first-order valence-corrected chi connectivity index (χ1v) is 7.28. The molecule has 0 aliphatic carbocycles. The second-order valence-corrected chi connectivity index (χ2v) is 5.24. The number of hydrogen-bond donors (Lipinski definition) is 2. The van der Waals surface area contributed by atoms with E-state index in [0.717, 1.165) is 39.0 Å². The summed E-state index contributed by atoms with van der Waals surface area (Å²) in [5, 5.41) is 6.38. The van der Waals surface area contributed by atoms with E-state index in [4.69, 9.17) is 4.74 Å². The van der Waals surface area contributed by atoms with Crippen LogP contribution in [-0.2, 0) is 9.53 Å². The van der Waals surface area contributed by atoms with Crippen molar-refractivity contribution in [2.75, 3.05) is 19.8 Å².